The van der Waals surface area contributed by atoms with E-state index in [4.69, 9.17) is 9.47 Å². The van der Waals surface area contributed by atoms with Gasteiger partial charge in [0.1, 0.15) is 0 Å². The minimum atomic E-state index is -3.79. The van der Waals surface area contributed by atoms with Crippen molar-refractivity contribution in [2.75, 3.05) is 20.2 Å². The van der Waals surface area contributed by atoms with Gasteiger partial charge < -0.3 is 14.6 Å². The summed E-state index contributed by atoms with van der Waals surface area (Å²) in [5, 5.41) is 20.7. The molecule has 28 heavy (non-hydrogen) atoms. The Kier molecular flexibility index (Phi) is 5.82. The highest BCUT2D eigenvalue weighted by atomic mass is 32.2. The number of aliphatic hydroxyl groups is 1. The van der Waals surface area contributed by atoms with Crippen molar-refractivity contribution in [3.8, 4) is 17.2 Å². The standard InChI is InChI=1S/C18H20N2O7S/c1-26-18-10-13(12-21)4-6-17(18)27-16-7-5-14(11-15(16)20(22)23)28(24,25)19-8-2-3-9-19/h4-7,10-11,21H,2-3,8-9,12H2,1H3. The van der Waals surface area contributed by atoms with Crippen LogP contribution >= 0.6 is 0 Å². The maximum atomic E-state index is 12.7. The molecule has 1 aliphatic heterocycles. The number of benzene rings is 2. The van der Waals surface area contributed by atoms with E-state index >= 15 is 0 Å². The van der Waals surface area contributed by atoms with Crippen molar-refractivity contribution in [1.29, 1.82) is 0 Å². The van der Waals surface area contributed by atoms with E-state index in [2.05, 4.69) is 0 Å². The molecule has 0 aromatic heterocycles. The number of nitrogens with zero attached hydrogens (tertiary/aromatic N) is 2. The van der Waals surface area contributed by atoms with Gasteiger partial charge in [0.15, 0.2) is 11.5 Å². The van der Waals surface area contributed by atoms with Crippen LogP contribution < -0.4 is 9.47 Å². The number of sulfonamides is 1. The lowest BCUT2D eigenvalue weighted by Gasteiger charge is -2.16. The van der Waals surface area contributed by atoms with Crippen molar-refractivity contribution in [3.63, 3.8) is 0 Å². The third kappa shape index (κ3) is 3.93. The molecule has 0 aliphatic carbocycles. The summed E-state index contributed by atoms with van der Waals surface area (Å²) in [6.45, 7) is 0.616. The Morgan fingerprint density at radius 2 is 1.79 bits per heavy atom. The number of ether oxygens (including phenoxy) is 2. The Labute approximate surface area is 162 Å². The number of nitro groups is 1. The molecular weight excluding hydrogens is 388 g/mol. The Morgan fingerprint density at radius 3 is 2.39 bits per heavy atom. The molecule has 1 aliphatic rings. The number of rotatable bonds is 7. The topological polar surface area (TPSA) is 119 Å². The van der Waals surface area contributed by atoms with E-state index in [1.54, 1.807) is 12.1 Å². The molecule has 3 rings (SSSR count). The number of hydrogen-bond acceptors (Lipinski definition) is 7. The molecule has 150 valence electrons. The second kappa shape index (κ2) is 8.13. The van der Waals surface area contributed by atoms with Gasteiger partial charge >= 0.3 is 5.69 Å². The van der Waals surface area contributed by atoms with E-state index in [1.807, 2.05) is 0 Å². The van der Waals surface area contributed by atoms with Crippen molar-refractivity contribution in [3.05, 3.63) is 52.1 Å². The zero-order chi connectivity index (χ0) is 20.3. The fourth-order valence-electron chi connectivity index (χ4n) is 2.98. The summed E-state index contributed by atoms with van der Waals surface area (Å²) in [7, 11) is -2.38. The van der Waals surface area contributed by atoms with Gasteiger partial charge in [-0.05, 0) is 42.7 Å². The average Bonchev–Trinajstić information content (AvgIpc) is 3.24. The van der Waals surface area contributed by atoms with E-state index in [0.717, 1.165) is 18.9 Å². The van der Waals surface area contributed by atoms with Crippen molar-refractivity contribution >= 4 is 15.7 Å². The first-order valence-electron chi connectivity index (χ1n) is 8.61. The molecule has 2 aromatic carbocycles. The van der Waals surface area contributed by atoms with Gasteiger partial charge in [-0.25, -0.2) is 8.42 Å². The third-order valence-electron chi connectivity index (χ3n) is 4.46. The van der Waals surface area contributed by atoms with Crippen LogP contribution in [0.1, 0.15) is 18.4 Å². The Bertz CT molecular complexity index is 985. The highest BCUT2D eigenvalue weighted by molar-refractivity contribution is 7.89. The minimum Gasteiger partial charge on any atom is -0.493 e. The normalized spacial score (nSPS) is 14.8. The van der Waals surface area contributed by atoms with E-state index < -0.39 is 20.6 Å². The molecule has 0 spiro atoms. The first kappa shape index (κ1) is 20.1. The maximum absolute atomic E-state index is 12.7. The fourth-order valence-corrected chi connectivity index (χ4v) is 4.51. The van der Waals surface area contributed by atoms with E-state index in [-0.39, 0.29) is 28.8 Å². The first-order valence-corrected chi connectivity index (χ1v) is 10.0. The first-order chi connectivity index (χ1) is 13.4. The smallest absolute Gasteiger partial charge is 0.312 e. The van der Waals surface area contributed by atoms with Gasteiger partial charge in [0, 0.05) is 19.2 Å². The van der Waals surface area contributed by atoms with Gasteiger partial charge in [0.2, 0.25) is 15.8 Å². The SMILES string of the molecule is COc1cc(CO)ccc1Oc1ccc(S(=O)(=O)N2CCCC2)cc1[N+](=O)[O-]. The van der Waals surface area contributed by atoms with Gasteiger partial charge in [0.05, 0.1) is 23.5 Å². The Balaban J connectivity index is 1.98. The monoisotopic (exact) mass is 408 g/mol. The summed E-state index contributed by atoms with van der Waals surface area (Å²) >= 11 is 0. The summed E-state index contributed by atoms with van der Waals surface area (Å²) in [5.41, 5.74) is 0.124. The fraction of sp³-hybridized carbons (Fsp3) is 0.333. The minimum absolute atomic E-state index is 0.111. The van der Waals surface area contributed by atoms with Crippen LogP contribution in [0.25, 0.3) is 0 Å². The van der Waals surface area contributed by atoms with Crippen LogP contribution in [0.15, 0.2) is 41.3 Å². The van der Waals surface area contributed by atoms with Gasteiger partial charge in [-0.2, -0.15) is 4.31 Å². The molecule has 0 radical (unpaired) electrons. The molecule has 0 unspecified atom stereocenters. The molecule has 0 atom stereocenters. The molecule has 0 amide bonds. The molecule has 1 N–H and O–H groups in total. The van der Waals surface area contributed by atoms with Gasteiger partial charge in [0.25, 0.3) is 0 Å². The number of hydrogen-bond donors (Lipinski definition) is 1. The lowest BCUT2D eigenvalue weighted by atomic mass is 10.2. The zero-order valence-corrected chi connectivity index (χ0v) is 16.0. The summed E-state index contributed by atoms with van der Waals surface area (Å²) in [4.78, 5) is 10.7. The largest absolute Gasteiger partial charge is 0.493 e. The second-order valence-corrected chi connectivity index (χ2v) is 8.18. The predicted molar refractivity (Wildman–Crippen MR) is 100 cm³/mol. The number of methoxy groups -OCH3 is 1. The van der Waals surface area contributed by atoms with Gasteiger partial charge in [-0.1, -0.05) is 6.07 Å². The highest BCUT2D eigenvalue weighted by Crippen LogP contribution is 2.38. The molecule has 1 fully saturated rings. The second-order valence-electron chi connectivity index (χ2n) is 6.24. The molecule has 0 bridgehead atoms. The summed E-state index contributed by atoms with van der Waals surface area (Å²) < 4.78 is 37.5. The molecule has 1 heterocycles. The molecule has 9 nitrogen and oxygen atoms in total. The van der Waals surface area contributed by atoms with Gasteiger partial charge in [-0.3, -0.25) is 10.1 Å². The van der Waals surface area contributed by atoms with Crippen LogP contribution in [0.2, 0.25) is 0 Å². The third-order valence-corrected chi connectivity index (χ3v) is 6.36. The van der Waals surface area contributed by atoms with Crippen LogP contribution in [-0.2, 0) is 16.6 Å². The van der Waals surface area contributed by atoms with Crippen molar-refractivity contribution in [2.45, 2.75) is 24.3 Å². The molecule has 1 saturated heterocycles. The summed E-state index contributed by atoms with van der Waals surface area (Å²) in [5.74, 6) is 0.382. The number of nitro benzene ring substituents is 1. The molecular formula is C18H20N2O7S. The number of aliphatic hydroxyl groups excluding tert-OH is 1. The highest BCUT2D eigenvalue weighted by Gasteiger charge is 2.30. The molecule has 0 saturated carbocycles. The predicted octanol–water partition coefficient (Wildman–Crippen LogP) is 2.67. The lowest BCUT2D eigenvalue weighted by Crippen LogP contribution is -2.27. The van der Waals surface area contributed by atoms with Crippen molar-refractivity contribution < 1.29 is 27.9 Å². The Morgan fingerprint density at radius 1 is 1.11 bits per heavy atom. The van der Waals surface area contributed by atoms with Crippen molar-refractivity contribution in [2.24, 2.45) is 0 Å². The van der Waals surface area contributed by atoms with E-state index in [1.165, 1.54) is 29.6 Å². The van der Waals surface area contributed by atoms with Crippen LogP contribution in [0.5, 0.6) is 17.2 Å². The molecule has 2 aromatic rings. The van der Waals surface area contributed by atoms with E-state index in [0.29, 0.717) is 18.7 Å². The van der Waals surface area contributed by atoms with Crippen LogP contribution in [0.4, 0.5) is 5.69 Å². The van der Waals surface area contributed by atoms with E-state index in [9.17, 15) is 23.6 Å². The van der Waals surface area contributed by atoms with Crippen LogP contribution in [-0.4, -0.2) is 43.0 Å². The quantitative estimate of drug-likeness (QED) is 0.552. The summed E-state index contributed by atoms with van der Waals surface area (Å²) in [6, 6.07) is 8.23. The van der Waals surface area contributed by atoms with Crippen LogP contribution in [0.3, 0.4) is 0 Å². The average molecular weight is 408 g/mol. The molecule has 10 heteroatoms. The zero-order valence-electron chi connectivity index (χ0n) is 15.2. The van der Waals surface area contributed by atoms with Crippen molar-refractivity contribution in [1.82, 2.24) is 4.31 Å². The van der Waals surface area contributed by atoms with Gasteiger partial charge in [-0.15, -0.1) is 0 Å². The van der Waals surface area contributed by atoms with Crippen LogP contribution in [0, 0.1) is 10.1 Å². The summed E-state index contributed by atoms with van der Waals surface area (Å²) in [6.07, 6.45) is 1.54. The lowest BCUT2D eigenvalue weighted by molar-refractivity contribution is -0.385. The maximum Gasteiger partial charge on any atom is 0.312 e. The Hall–Kier alpha value is -2.69.